The molecule has 0 aromatic carbocycles. The minimum atomic E-state index is -3.79. The molecule has 2 unspecified atom stereocenters. The average Bonchev–Trinajstić information content (AvgIpc) is 2.81. The Morgan fingerprint density at radius 2 is 2.30 bits per heavy atom. The molecule has 0 aliphatic carbocycles. The van der Waals surface area contributed by atoms with Crippen LogP contribution in [-0.4, -0.2) is 43.7 Å². The van der Waals surface area contributed by atoms with Gasteiger partial charge in [0, 0.05) is 32.8 Å². The molecule has 0 bridgehead atoms. The van der Waals surface area contributed by atoms with E-state index in [0.29, 0.717) is 29.5 Å². The predicted octanol–water partition coefficient (Wildman–Crippen LogP) is -0.230. The fourth-order valence-electron chi connectivity index (χ4n) is 1.96. The van der Waals surface area contributed by atoms with Gasteiger partial charge in [0.2, 0.25) is 10.0 Å². The van der Waals surface area contributed by atoms with Crippen LogP contribution in [0.15, 0.2) is 14.5 Å². The van der Waals surface area contributed by atoms with Crippen LogP contribution in [0.2, 0.25) is 0 Å². The zero-order valence-electron chi connectivity index (χ0n) is 10.9. The Hall–Kier alpha value is -0.360. The summed E-state index contributed by atoms with van der Waals surface area (Å²) in [6.45, 7) is 1.57. The van der Waals surface area contributed by atoms with Gasteiger partial charge in [0.15, 0.2) is 0 Å². The summed E-state index contributed by atoms with van der Waals surface area (Å²) in [5.74, 6) is 0. The van der Waals surface area contributed by atoms with E-state index in [1.54, 1.807) is 11.4 Å². The van der Waals surface area contributed by atoms with Crippen LogP contribution in [-0.2, 0) is 25.7 Å². The van der Waals surface area contributed by atoms with E-state index < -0.39 is 21.0 Å². The molecular weight excluding hydrogens is 322 g/mol. The molecule has 2 rings (SSSR count). The van der Waals surface area contributed by atoms with Crippen molar-refractivity contribution in [3.05, 3.63) is 11.6 Å². The molecule has 1 aliphatic rings. The highest BCUT2D eigenvalue weighted by atomic mass is 32.3. The fourth-order valence-corrected chi connectivity index (χ4v) is 5.93. The number of hydrogen-bond acceptors (Lipinski definition) is 6. The summed E-state index contributed by atoms with van der Waals surface area (Å²) in [6.07, 6.45) is 0.734. The van der Waals surface area contributed by atoms with Crippen LogP contribution < -0.4 is 10.9 Å². The standard InChI is InChI=1S/C10H17N3O4S3/c1-17-4-2-3-13-6-8(11)7-5-9(20(12,15)16)18-10(7)19(13)14/h5,8H,2-4,6,11H2,1H3,(H2,12,15,16). The van der Waals surface area contributed by atoms with E-state index in [4.69, 9.17) is 15.6 Å². The Balaban J connectivity index is 2.26. The first-order valence-electron chi connectivity index (χ1n) is 5.92. The second-order valence-corrected chi connectivity index (χ2v) is 8.97. The number of methoxy groups -OCH3 is 1. The van der Waals surface area contributed by atoms with Gasteiger partial charge in [-0.3, -0.25) is 0 Å². The number of thiophene rings is 1. The Labute approximate surface area is 124 Å². The lowest BCUT2D eigenvalue weighted by molar-refractivity contribution is 0.187. The molecule has 0 saturated carbocycles. The first-order valence-corrected chi connectivity index (χ1v) is 9.39. The smallest absolute Gasteiger partial charge is 0.247 e. The van der Waals surface area contributed by atoms with E-state index in [2.05, 4.69) is 0 Å². The van der Waals surface area contributed by atoms with Crippen molar-refractivity contribution in [2.24, 2.45) is 10.9 Å². The van der Waals surface area contributed by atoms with Gasteiger partial charge >= 0.3 is 0 Å². The molecule has 0 saturated heterocycles. The number of hydrogen-bond donors (Lipinski definition) is 2. The van der Waals surface area contributed by atoms with Crippen LogP contribution in [0.1, 0.15) is 18.0 Å². The van der Waals surface area contributed by atoms with Gasteiger partial charge in [-0.2, -0.15) is 0 Å². The quantitative estimate of drug-likeness (QED) is 0.719. The first-order chi connectivity index (χ1) is 9.34. The first kappa shape index (κ1) is 16.0. The lowest BCUT2D eigenvalue weighted by atomic mass is 10.1. The molecule has 2 heterocycles. The zero-order valence-corrected chi connectivity index (χ0v) is 13.4. The third kappa shape index (κ3) is 3.27. The molecule has 0 spiro atoms. The van der Waals surface area contributed by atoms with Crippen LogP contribution in [0.5, 0.6) is 0 Å². The number of fused-ring (bicyclic) bond motifs is 1. The van der Waals surface area contributed by atoms with Crippen LogP contribution in [0.25, 0.3) is 0 Å². The normalized spacial score (nSPS) is 23.8. The second kappa shape index (κ2) is 6.18. The summed E-state index contributed by atoms with van der Waals surface area (Å²) in [5, 5.41) is 5.11. The van der Waals surface area contributed by atoms with Gasteiger partial charge in [-0.15, -0.1) is 11.3 Å². The maximum absolute atomic E-state index is 12.4. The van der Waals surface area contributed by atoms with Crippen molar-refractivity contribution in [2.75, 3.05) is 26.8 Å². The van der Waals surface area contributed by atoms with E-state index in [9.17, 15) is 12.6 Å². The molecule has 4 N–H and O–H groups in total. The fraction of sp³-hybridized carbons (Fsp3) is 0.600. The third-order valence-corrected chi connectivity index (χ3v) is 7.33. The highest BCUT2D eigenvalue weighted by Gasteiger charge is 2.32. The Morgan fingerprint density at radius 3 is 2.90 bits per heavy atom. The number of sulfonamides is 1. The van der Waals surface area contributed by atoms with Crippen molar-refractivity contribution >= 4 is 32.3 Å². The SMILES string of the molecule is COCCCN1CC(N)c2cc(S(N)(=O)=O)sc2S1=O. The van der Waals surface area contributed by atoms with Crippen LogP contribution in [0.3, 0.4) is 0 Å². The molecule has 1 aromatic heterocycles. The maximum Gasteiger partial charge on any atom is 0.247 e. The number of ether oxygens (including phenoxy) is 1. The van der Waals surface area contributed by atoms with Crippen molar-refractivity contribution in [3.8, 4) is 0 Å². The number of nitrogens with two attached hydrogens (primary N) is 2. The van der Waals surface area contributed by atoms with E-state index in [-0.39, 0.29) is 10.3 Å². The summed E-state index contributed by atoms with van der Waals surface area (Å²) in [7, 11) is -3.58. The van der Waals surface area contributed by atoms with Crippen LogP contribution in [0.4, 0.5) is 0 Å². The molecule has 114 valence electrons. The number of nitrogens with zero attached hydrogens (tertiary/aromatic N) is 1. The summed E-state index contributed by atoms with van der Waals surface area (Å²) >= 11 is 0.931. The monoisotopic (exact) mass is 339 g/mol. The minimum Gasteiger partial charge on any atom is -0.385 e. The molecule has 0 radical (unpaired) electrons. The Bertz CT molecular complexity index is 613. The minimum absolute atomic E-state index is 0.00467. The Morgan fingerprint density at radius 1 is 1.60 bits per heavy atom. The largest absolute Gasteiger partial charge is 0.385 e. The molecule has 20 heavy (non-hydrogen) atoms. The molecule has 10 heteroatoms. The van der Waals surface area contributed by atoms with Crippen molar-refractivity contribution in [1.29, 1.82) is 0 Å². The number of primary sulfonamides is 1. The summed E-state index contributed by atoms with van der Waals surface area (Å²) in [6, 6.07) is 1.07. The molecular formula is C10H17N3O4S3. The second-order valence-electron chi connectivity index (χ2n) is 4.44. The molecule has 0 fully saturated rings. The lowest BCUT2D eigenvalue weighted by Crippen LogP contribution is -2.38. The number of rotatable bonds is 5. The van der Waals surface area contributed by atoms with E-state index >= 15 is 0 Å². The van der Waals surface area contributed by atoms with E-state index in [1.807, 2.05) is 0 Å². The van der Waals surface area contributed by atoms with E-state index in [1.165, 1.54) is 6.07 Å². The van der Waals surface area contributed by atoms with Gasteiger partial charge in [0.25, 0.3) is 0 Å². The topological polar surface area (TPSA) is 116 Å². The molecule has 2 atom stereocenters. The third-order valence-electron chi connectivity index (χ3n) is 2.93. The van der Waals surface area contributed by atoms with Crippen molar-refractivity contribution < 1.29 is 17.4 Å². The van der Waals surface area contributed by atoms with Crippen molar-refractivity contribution in [3.63, 3.8) is 0 Å². The van der Waals surface area contributed by atoms with Gasteiger partial charge in [-0.25, -0.2) is 22.1 Å². The summed E-state index contributed by atoms with van der Waals surface area (Å²) < 4.78 is 42.3. The average molecular weight is 339 g/mol. The lowest BCUT2D eigenvalue weighted by Gasteiger charge is -2.29. The van der Waals surface area contributed by atoms with E-state index in [0.717, 1.165) is 17.8 Å². The van der Waals surface area contributed by atoms with Gasteiger partial charge in [0.05, 0.1) is 0 Å². The van der Waals surface area contributed by atoms with Gasteiger partial charge in [-0.05, 0) is 18.1 Å². The van der Waals surface area contributed by atoms with Gasteiger partial charge in [0.1, 0.15) is 19.4 Å². The summed E-state index contributed by atoms with van der Waals surface area (Å²) in [5.41, 5.74) is 6.63. The molecule has 7 nitrogen and oxygen atoms in total. The molecule has 0 amide bonds. The van der Waals surface area contributed by atoms with Crippen LogP contribution >= 0.6 is 11.3 Å². The van der Waals surface area contributed by atoms with Crippen LogP contribution in [0, 0.1) is 0 Å². The Kier molecular flexibility index (Phi) is 4.95. The highest BCUT2D eigenvalue weighted by Crippen LogP contribution is 2.36. The summed E-state index contributed by atoms with van der Waals surface area (Å²) in [4.78, 5) is 0. The highest BCUT2D eigenvalue weighted by molar-refractivity contribution is 7.92. The van der Waals surface area contributed by atoms with Crippen molar-refractivity contribution in [1.82, 2.24) is 4.31 Å². The molecule has 1 aromatic rings. The van der Waals surface area contributed by atoms with Gasteiger partial charge < -0.3 is 10.5 Å². The predicted molar refractivity (Wildman–Crippen MR) is 77.1 cm³/mol. The zero-order chi connectivity index (χ0) is 14.9. The molecule has 1 aliphatic heterocycles. The van der Waals surface area contributed by atoms with Gasteiger partial charge in [-0.1, -0.05) is 0 Å². The van der Waals surface area contributed by atoms with Crippen molar-refractivity contribution in [2.45, 2.75) is 20.9 Å². The maximum atomic E-state index is 12.4.